The SMILES string of the molecule is Cc1nocc1CN1CCOc2cc(F)c(Br)cc21. The highest BCUT2D eigenvalue weighted by Crippen LogP contribution is 2.36. The van der Waals surface area contributed by atoms with E-state index in [1.54, 1.807) is 12.3 Å². The Morgan fingerprint density at radius 3 is 3.05 bits per heavy atom. The number of hydrogen-bond acceptors (Lipinski definition) is 4. The van der Waals surface area contributed by atoms with Crippen LogP contribution in [-0.4, -0.2) is 18.3 Å². The Morgan fingerprint density at radius 2 is 2.32 bits per heavy atom. The van der Waals surface area contributed by atoms with Crippen molar-refractivity contribution in [3.63, 3.8) is 0 Å². The predicted molar refractivity (Wildman–Crippen MR) is 71.9 cm³/mol. The third kappa shape index (κ3) is 2.32. The summed E-state index contributed by atoms with van der Waals surface area (Å²) >= 11 is 3.21. The minimum atomic E-state index is -0.318. The van der Waals surface area contributed by atoms with E-state index in [2.05, 4.69) is 26.0 Å². The van der Waals surface area contributed by atoms with E-state index in [0.29, 0.717) is 23.4 Å². The third-order valence-corrected chi connectivity index (χ3v) is 3.78. The molecule has 19 heavy (non-hydrogen) atoms. The summed E-state index contributed by atoms with van der Waals surface area (Å²) in [6.07, 6.45) is 1.64. The number of aromatic nitrogens is 1. The highest BCUT2D eigenvalue weighted by molar-refractivity contribution is 9.10. The zero-order valence-electron chi connectivity index (χ0n) is 10.3. The maximum absolute atomic E-state index is 13.5. The molecule has 0 unspecified atom stereocenters. The Labute approximate surface area is 118 Å². The van der Waals surface area contributed by atoms with Gasteiger partial charge in [0, 0.05) is 18.2 Å². The molecule has 2 heterocycles. The van der Waals surface area contributed by atoms with Crippen molar-refractivity contribution in [2.45, 2.75) is 13.5 Å². The van der Waals surface area contributed by atoms with Crippen molar-refractivity contribution in [2.75, 3.05) is 18.1 Å². The van der Waals surface area contributed by atoms with Gasteiger partial charge in [-0.05, 0) is 28.9 Å². The number of ether oxygens (including phenoxy) is 1. The molecule has 4 nitrogen and oxygen atoms in total. The van der Waals surface area contributed by atoms with Crippen LogP contribution in [0.5, 0.6) is 5.75 Å². The van der Waals surface area contributed by atoms with Gasteiger partial charge in [-0.25, -0.2) is 4.39 Å². The van der Waals surface area contributed by atoms with E-state index in [0.717, 1.165) is 23.5 Å². The van der Waals surface area contributed by atoms with Crippen molar-refractivity contribution >= 4 is 21.6 Å². The molecule has 0 saturated heterocycles. The Kier molecular flexibility index (Phi) is 3.18. The summed E-state index contributed by atoms with van der Waals surface area (Å²) in [5.74, 6) is 0.253. The van der Waals surface area contributed by atoms with Gasteiger partial charge in [0.1, 0.15) is 24.4 Å². The Bertz CT molecular complexity index is 615. The summed E-state index contributed by atoms with van der Waals surface area (Å²) in [6, 6.07) is 3.15. The second-order valence-corrected chi connectivity index (χ2v) is 5.28. The van der Waals surface area contributed by atoms with Crippen molar-refractivity contribution in [2.24, 2.45) is 0 Å². The second-order valence-electron chi connectivity index (χ2n) is 4.43. The first-order valence-electron chi connectivity index (χ1n) is 5.92. The van der Waals surface area contributed by atoms with E-state index in [1.807, 2.05) is 6.92 Å². The van der Waals surface area contributed by atoms with Crippen LogP contribution in [0.2, 0.25) is 0 Å². The number of halogens is 2. The lowest BCUT2D eigenvalue weighted by Crippen LogP contribution is -2.32. The number of nitrogens with zero attached hydrogens (tertiary/aromatic N) is 2. The maximum Gasteiger partial charge on any atom is 0.145 e. The molecule has 0 aliphatic carbocycles. The summed E-state index contributed by atoms with van der Waals surface area (Å²) in [4.78, 5) is 2.13. The van der Waals surface area contributed by atoms with Crippen LogP contribution in [0.4, 0.5) is 10.1 Å². The molecule has 2 aromatic rings. The average molecular weight is 327 g/mol. The van der Waals surface area contributed by atoms with Gasteiger partial charge in [0.15, 0.2) is 0 Å². The first kappa shape index (κ1) is 12.5. The molecule has 0 bridgehead atoms. The summed E-state index contributed by atoms with van der Waals surface area (Å²) in [5.41, 5.74) is 2.77. The molecule has 0 radical (unpaired) electrons. The molecule has 0 fully saturated rings. The summed E-state index contributed by atoms with van der Waals surface area (Å²) in [6.45, 7) is 3.86. The van der Waals surface area contributed by atoms with Crippen LogP contribution in [-0.2, 0) is 6.54 Å². The second kappa shape index (κ2) is 4.85. The molecule has 1 aliphatic heterocycles. The maximum atomic E-state index is 13.5. The van der Waals surface area contributed by atoms with Crippen LogP contribution in [0.15, 0.2) is 27.4 Å². The van der Waals surface area contributed by atoms with E-state index in [4.69, 9.17) is 9.26 Å². The van der Waals surface area contributed by atoms with E-state index in [1.165, 1.54) is 6.07 Å². The van der Waals surface area contributed by atoms with Gasteiger partial charge in [-0.3, -0.25) is 0 Å². The van der Waals surface area contributed by atoms with Crippen molar-refractivity contribution < 1.29 is 13.7 Å². The van der Waals surface area contributed by atoms with E-state index >= 15 is 0 Å². The molecule has 0 atom stereocenters. The Hall–Kier alpha value is -1.56. The normalized spacial score (nSPS) is 14.2. The molecule has 3 rings (SSSR count). The highest BCUT2D eigenvalue weighted by atomic mass is 79.9. The lowest BCUT2D eigenvalue weighted by molar-refractivity contribution is 0.305. The van der Waals surface area contributed by atoms with Crippen molar-refractivity contribution in [1.82, 2.24) is 5.16 Å². The summed E-state index contributed by atoms with van der Waals surface area (Å²) in [5, 5.41) is 3.87. The van der Waals surface area contributed by atoms with E-state index in [9.17, 15) is 4.39 Å². The van der Waals surface area contributed by atoms with Gasteiger partial charge in [0.25, 0.3) is 0 Å². The van der Waals surface area contributed by atoms with Crippen LogP contribution < -0.4 is 9.64 Å². The van der Waals surface area contributed by atoms with Crippen molar-refractivity contribution in [3.05, 3.63) is 39.9 Å². The number of anilines is 1. The van der Waals surface area contributed by atoms with Crippen LogP contribution in [0.3, 0.4) is 0 Å². The molecule has 0 spiro atoms. The lowest BCUT2D eigenvalue weighted by atomic mass is 10.2. The van der Waals surface area contributed by atoms with Crippen LogP contribution in [0.1, 0.15) is 11.3 Å². The first-order chi connectivity index (χ1) is 9.15. The van der Waals surface area contributed by atoms with Gasteiger partial charge in [0.2, 0.25) is 0 Å². The Morgan fingerprint density at radius 1 is 1.47 bits per heavy atom. The molecule has 6 heteroatoms. The van der Waals surface area contributed by atoms with Gasteiger partial charge in [-0.15, -0.1) is 0 Å². The number of rotatable bonds is 2. The topological polar surface area (TPSA) is 38.5 Å². The monoisotopic (exact) mass is 326 g/mol. The summed E-state index contributed by atoms with van der Waals surface area (Å²) in [7, 11) is 0. The standard InChI is InChI=1S/C13H12BrFN2O2/c1-8-9(7-19-16-8)6-17-2-3-18-13-5-11(15)10(14)4-12(13)17/h4-5,7H,2-3,6H2,1H3. The molecule has 0 amide bonds. The molecule has 1 aliphatic rings. The molecule has 0 N–H and O–H groups in total. The molecular formula is C13H12BrFN2O2. The fourth-order valence-corrected chi connectivity index (χ4v) is 2.43. The van der Waals surface area contributed by atoms with E-state index in [-0.39, 0.29) is 5.82 Å². The number of benzene rings is 1. The number of hydrogen-bond donors (Lipinski definition) is 0. The third-order valence-electron chi connectivity index (χ3n) is 3.17. The van der Waals surface area contributed by atoms with Gasteiger partial charge in [-0.2, -0.15) is 0 Å². The van der Waals surface area contributed by atoms with Gasteiger partial charge >= 0.3 is 0 Å². The van der Waals surface area contributed by atoms with Crippen molar-refractivity contribution in [3.8, 4) is 5.75 Å². The minimum absolute atomic E-state index is 0.318. The zero-order valence-corrected chi connectivity index (χ0v) is 11.9. The molecular weight excluding hydrogens is 315 g/mol. The smallest absolute Gasteiger partial charge is 0.145 e. The van der Waals surface area contributed by atoms with Crippen LogP contribution in [0, 0.1) is 12.7 Å². The first-order valence-corrected chi connectivity index (χ1v) is 6.71. The van der Waals surface area contributed by atoms with Crippen LogP contribution >= 0.6 is 15.9 Å². The van der Waals surface area contributed by atoms with Gasteiger partial charge in [0.05, 0.1) is 22.4 Å². The predicted octanol–water partition coefficient (Wildman–Crippen LogP) is 3.28. The fourth-order valence-electron chi connectivity index (χ4n) is 2.10. The number of aryl methyl sites for hydroxylation is 1. The fraction of sp³-hybridized carbons (Fsp3) is 0.308. The zero-order chi connectivity index (χ0) is 13.4. The van der Waals surface area contributed by atoms with Gasteiger partial charge < -0.3 is 14.2 Å². The molecule has 100 valence electrons. The van der Waals surface area contributed by atoms with Crippen LogP contribution in [0.25, 0.3) is 0 Å². The summed E-state index contributed by atoms with van der Waals surface area (Å²) < 4.78 is 24.4. The molecule has 0 saturated carbocycles. The number of fused-ring (bicyclic) bond motifs is 1. The average Bonchev–Trinajstić information content (AvgIpc) is 2.78. The molecule has 1 aromatic heterocycles. The van der Waals surface area contributed by atoms with Crippen molar-refractivity contribution in [1.29, 1.82) is 0 Å². The Balaban J connectivity index is 1.94. The lowest BCUT2D eigenvalue weighted by Gasteiger charge is -2.31. The minimum Gasteiger partial charge on any atom is -0.489 e. The molecule has 1 aromatic carbocycles. The largest absolute Gasteiger partial charge is 0.489 e. The quantitative estimate of drug-likeness (QED) is 0.848. The van der Waals surface area contributed by atoms with Gasteiger partial charge in [-0.1, -0.05) is 5.16 Å². The van der Waals surface area contributed by atoms with E-state index < -0.39 is 0 Å². The highest BCUT2D eigenvalue weighted by Gasteiger charge is 2.21.